The zero-order chi connectivity index (χ0) is 41.2. The van der Waals surface area contributed by atoms with Crippen molar-refractivity contribution in [2.24, 2.45) is 0 Å². The molecule has 3 aromatic heterocycles. The molecule has 2 aliphatic rings. The van der Waals surface area contributed by atoms with Gasteiger partial charge in [-0.3, -0.25) is 4.57 Å². The number of rotatable bonds is 4. The summed E-state index contributed by atoms with van der Waals surface area (Å²) in [5.74, 6) is 0.636. The second-order valence-corrected chi connectivity index (χ2v) is 16.8. The number of para-hydroxylation sites is 3. The van der Waals surface area contributed by atoms with Gasteiger partial charge in [-0.15, -0.1) is 0 Å². The predicted molar refractivity (Wildman–Crippen MR) is 258 cm³/mol. The first-order valence-corrected chi connectivity index (χ1v) is 21.7. The van der Waals surface area contributed by atoms with Crippen LogP contribution in [0.3, 0.4) is 0 Å². The number of benzene rings is 9. The Kier molecular flexibility index (Phi) is 7.01. The first kappa shape index (κ1) is 34.4. The highest BCUT2D eigenvalue weighted by Crippen LogP contribution is 2.64. The maximum absolute atomic E-state index is 5.72. The Balaban J connectivity index is 1.10. The highest BCUT2D eigenvalue weighted by atomic mass is 15.2. The van der Waals surface area contributed by atoms with E-state index in [1.165, 1.54) is 60.7 Å². The largest absolute Gasteiger partial charge is 0.309 e. The normalized spacial score (nSPS) is 13.2. The summed E-state index contributed by atoms with van der Waals surface area (Å²) in [6.07, 6.45) is 0. The van der Waals surface area contributed by atoms with E-state index in [1.807, 2.05) is 0 Å². The van der Waals surface area contributed by atoms with Crippen LogP contribution in [0.1, 0.15) is 22.3 Å². The SMILES string of the molecule is c1ccc(-c2cc(-c3cccc4c3-c3ccccc3C43c4ccccc4-c4ccccc43)nc(-n3c4ccccc4c4ccc5c(c6ccccc6n5-c5ccccc5)c43)n2)cc1. The van der Waals surface area contributed by atoms with E-state index in [1.54, 1.807) is 0 Å². The number of hydrogen-bond acceptors (Lipinski definition) is 2. The van der Waals surface area contributed by atoms with Crippen molar-refractivity contribution in [3.8, 4) is 56.4 Å². The minimum Gasteiger partial charge on any atom is -0.309 e. The van der Waals surface area contributed by atoms with Gasteiger partial charge >= 0.3 is 0 Å². The lowest BCUT2D eigenvalue weighted by Crippen LogP contribution is -2.25. The predicted octanol–water partition coefficient (Wildman–Crippen LogP) is 14.3. The van der Waals surface area contributed by atoms with Crippen molar-refractivity contribution in [1.29, 1.82) is 0 Å². The monoisotopic (exact) mass is 800 g/mol. The van der Waals surface area contributed by atoms with Crippen molar-refractivity contribution in [1.82, 2.24) is 19.1 Å². The van der Waals surface area contributed by atoms with Gasteiger partial charge in [0.25, 0.3) is 0 Å². The molecule has 0 N–H and O–H groups in total. The standard InChI is InChI=1S/C59H36N4/c1-3-18-37(19-4-1)50-36-51(44-27-17-31-49-55(44)43-25-9-14-30-48(43)59(49)46-28-12-7-22-39(46)40-23-8-13-29-47(40)59)61-58(60-50)63-52-32-15-10-24-41(52)42-34-35-54-56(57(42)63)45-26-11-16-33-53(45)62(54)38-20-5-2-6-21-38/h1-36H. The fourth-order valence-corrected chi connectivity index (χ4v) is 11.4. The van der Waals surface area contributed by atoms with Gasteiger partial charge < -0.3 is 4.57 Å². The van der Waals surface area contributed by atoms with Crippen molar-refractivity contribution in [2.75, 3.05) is 0 Å². The summed E-state index contributed by atoms with van der Waals surface area (Å²) in [7, 11) is 0. The Morgan fingerprint density at radius 3 is 1.62 bits per heavy atom. The molecule has 0 aliphatic heterocycles. The van der Waals surface area contributed by atoms with Crippen LogP contribution in [0.15, 0.2) is 218 Å². The van der Waals surface area contributed by atoms with E-state index in [-0.39, 0.29) is 0 Å². The second kappa shape index (κ2) is 12.8. The number of nitrogens with zero attached hydrogens (tertiary/aromatic N) is 4. The summed E-state index contributed by atoms with van der Waals surface area (Å²) < 4.78 is 4.71. The van der Waals surface area contributed by atoms with Gasteiger partial charge in [0.05, 0.1) is 38.9 Å². The minimum absolute atomic E-state index is 0.460. The van der Waals surface area contributed by atoms with Crippen LogP contribution < -0.4 is 0 Å². The lowest BCUT2D eigenvalue weighted by Gasteiger charge is -2.30. The Labute approximate surface area is 363 Å². The highest BCUT2D eigenvalue weighted by Gasteiger charge is 2.52. The summed E-state index contributed by atoms with van der Waals surface area (Å²) in [4.78, 5) is 11.3. The Hall–Kier alpha value is -8.34. The van der Waals surface area contributed by atoms with Crippen LogP contribution in [-0.4, -0.2) is 19.1 Å². The molecule has 1 spiro atoms. The minimum atomic E-state index is -0.460. The molecule has 0 saturated carbocycles. The zero-order valence-electron chi connectivity index (χ0n) is 34.1. The molecule has 14 rings (SSSR count). The van der Waals surface area contributed by atoms with Crippen LogP contribution in [0.4, 0.5) is 0 Å². The van der Waals surface area contributed by atoms with E-state index < -0.39 is 5.41 Å². The summed E-state index contributed by atoms with van der Waals surface area (Å²) in [5, 5.41) is 4.69. The number of hydrogen-bond donors (Lipinski definition) is 0. The molecular formula is C59H36N4. The molecule has 0 radical (unpaired) electrons. The van der Waals surface area contributed by atoms with Crippen molar-refractivity contribution in [3.05, 3.63) is 241 Å². The van der Waals surface area contributed by atoms with E-state index in [4.69, 9.17) is 9.97 Å². The summed E-state index contributed by atoms with van der Waals surface area (Å²) in [6, 6.07) is 79.3. The Morgan fingerprint density at radius 2 is 0.889 bits per heavy atom. The maximum Gasteiger partial charge on any atom is 0.235 e. The molecule has 0 bridgehead atoms. The highest BCUT2D eigenvalue weighted by molar-refractivity contribution is 6.26. The third-order valence-corrected chi connectivity index (χ3v) is 13.8. The van der Waals surface area contributed by atoms with E-state index in [2.05, 4.69) is 228 Å². The molecule has 292 valence electrons. The van der Waals surface area contributed by atoms with Gasteiger partial charge in [-0.05, 0) is 80.9 Å². The first-order valence-electron chi connectivity index (χ1n) is 21.7. The topological polar surface area (TPSA) is 35.6 Å². The second-order valence-electron chi connectivity index (χ2n) is 16.8. The maximum atomic E-state index is 5.72. The van der Waals surface area contributed by atoms with Crippen LogP contribution >= 0.6 is 0 Å². The van der Waals surface area contributed by atoms with Crippen LogP contribution in [0, 0.1) is 0 Å². The number of aromatic nitrogens is 4. The molecule has 12 aromatic rings. The van der Waals surface area contributed by atoms with Gasteiger partial charge in [0.2, 0.25) is 5.95 Å². The van der Waals surface area contributed by atoms with Crippen LogP contribution in [0.2, 0.25) is 0 Å². The van der Waals surface area contributed by atoms with E-state index in [0.29, 0.717) is 5.95 Å². The molecule has 0 unspecified atom stereocenters. The zero-order valence-corrected chi connectivity index (χ0v) is 34.1. The molecule has 3 heterocycles. The molecule has 2 aliphatic carbocycles. The Bertz CT molecular complexity index is 3810. The summed E-state index contributed by atoms with van der Waals surface area (Å²) in [5.41, 5.74) is 19.3. The number of fused-ring (bicyclic) bond motifs is 17. The van der Waals surface area contributed by atoms with Gasteiger partial charge in [0.15, 0.2) is 0 Å². The molecule has 0 fully saturated rings. The van der Waals surface area contributed by atoms with Crippen molar-refractivity contribution >= 4 is 43.6 Å². The van der Waals surface area contributed by atoms with E-state index >= 15 is 0 Å². The molecule has 63 heavy (non-hydrogen) atoms. The first-order chi connectivity index (χ1) is 31.3. The fourth-order valence-electron chi connectivity index (χ4n) is 11.4. The van der Waals surface area contributed by atoms with E-state index in [0.717, 1.165) is 55.7 Å². The molecule has 9 aromatic carbocycles. The van der Waals surface area contributed by atoms with Crippen LogP contribution in [-0.2, 0) is 5.41 Å². The molecule has 0 saturated heterocycles. The third kappa shape index (κ3) is 4.54. The van der Waals surface area contributed by atoms with Crippen molar-refractivity contribution in [2.45, 2.75) is 5.41 Å². The van der Waals surface area contributed by atoms with Gasteiger partial charge in [-0.25, -0.2) is 9.97 Å². The molecule has 4 nitrogen and oxygen atoms in total. The van der Waals surface area contributed by atoms with Crippen molar-refractivity contribution in [3.63, 3.8) is 0 Å². The molecule has 0 atom stereocenters. The lowest BCUT2D eigenvalue weighted by atomic mass is 9.70. The van der Waals surface area contributed by atoms with Gasteiger partial charge in [-0.2, -0.15) is 0 Å². The lowest BCUT2D eigenvalue weighted by molar-refractivity contribution is 0.794. The third-order valence-electron chi connectivity index (χ3n) is 13.8. The fraction of sp³-hybridized carbons (Fsp3) is 0.0169. The quantitative estimate of drug-likeness (QED) is 0.178. The van der Waals surface area contributed by atoms with Gasteiger partial charge in [-0.1, -0.05) is 182 Å². The Morgan fingerprint density at radius 1 is 0.349 bits per heavy atom. The van der Waals surface area contributed by atoms with E-state index in [9.17, 15) is 0 Å². The average molecular weight is 801 g/mol. The summed E-state index contributed by atoms with van der Waals surface area (Å²) >= 11 is 0. The molecule has 0 amide bonds. The van der Waals surface area contributed by atoms with Crippen LogP contribution in [0.5, 0.6) is 0 Å². The average Bonchev–Trinajstić information content (AvgIpc) is 4.07. The van der Waals surface area contributed by atoms with Gasteiger partial charge in [0.1, 0.15) is 0 Å². The van der Waals surface area contributed by atoms with Crippen molar-refractivity contribution < 1.29 is 0 Å². The van der Waals surface area contributed by atoms with Gasteiger partial charge in [0, 0.05) is 38.4 Å². The summed E-state index contributed by atoms with van der Waals surface area (Å²) in [6.45, 7) is 0. The molecular weight excluding hydrogens is 765 g/mol. The van der Waals surface area contributed by atoms with Crippen LogP contribution in [0.25, 0.3) is 100 Å². The molecule has 4 heteroatoms. The smallest absolute Gasteiger partial charge is 0.235 e.